The van der Waals surface area contributed by atoms with Crippen LogP contribution in [0.2, 0.25) is 0 Å². The maximum absolute atomic E-state index is 13.3. The second-order valence-corrected chi connectivity index (χ2v) is 9.28. The number of carbonyl (C=O) groups excluding carboxylic acids is 1. The fourth-order valence-electron chi connectivity index (χ4n) is 3.76. The molecule has 154 valence electrons. The number of nitrogens with one attached hydrogen (secondary N) is 3. The van der Waals surface area contributed by atoms with Crippen LogP contribution in [0.3, 0.4) is 0 Å². The van der Waals surface area contributed by atoms with Crippen LogP contribution in [0.4, 0.5) is 16.4 Å². The molecular weight excluding hydrogens is 410 g/mol. The minimum Gasteiger partial charge on any atom is -0.332 e. The smallest absolute Gasteiger partial charge is 0.258 e. The number of thiophene rings is 1. The zero-order chi connectivity index (χ0) is 21.1. The SMILES string of the molecule is Cc1ccccc1NC(=O)c1c(NC(=S)Nc2ccccc2)sc2c1CC[C@H](C)C2. The largest absolute Gasteiger partial charge is 0.332 e. The van der Waals surface area contributed by atoms with Crippen molar-refractivity contribution in [3.63, 3.8) is 0 Å². The second-order valence-electron chi connectivity index (χ2n) is 7.77. The standard InChI is InChI=1S/C24H25N3OS2/c1-15-12-13-18-20(14-15)30-23(27-24(29)25-17-9-4-3-5-10-17)21(18)22(28)26-19-11-7-6-8-16(19)2/h3-11,15H,12-14H2,1-2H3,(H,26,28)(H2,25,27,29)/t15-/m0/s1. The Bertz CT molecular complexity index is 1080. The molecule has 0 radical (unpaired) electrons. The molecular formula is C24H25N3OS2. The van der Waals surface area contributed by atoms with Gasteiger partial charge in [-0.25, -0.2) is 0 Å². The molecule has 1 amide bonds. The number of anilines is 3. The summed E-state index contributed by atoms with van der Waals surface area (Å²) in [4.78, 5) is 14.6. The van der Waals surface area contributed by atoms with E-state index in [9.17, 15) is 4.79 Å². The van der Waals surface area contributed by atoms with Crippen molar-refractivity contribution in [2.45, 2.75) is 33.1 Å². The zero-order valence-electron chi connectivity index (χ0n) is 17.1. The third kappa shape index (κ3) is 4.55. The number of para-hydroxylation sites is 2. The molecule has 0 fully saturated rings. The van der Waals surface area contributed by atoms with E-state index in [2.05, 4.69) is 22.9 Å². The molecule has 0 saturated carbocycles. The van der Waals surface area contributed by atoms with Gasteiger partial charge in [-0.05, 0) is 73.6 Å². The number of fused-ring (bicyclic) bond motifs is 1. The van der Waals surface area contributed by atoms with Gasteiger partial charge in [-0.2, -0.15) is 0 Å². The van der Waals surface area contributed by atoms with Crippen LogP contribution in [0, 0.1) is 12.8 Å². The first-order valence-corrected chi connectivity index (χ1v) is 11.4. The highest BCUT2D eigenvalue weighted by atomic mass is 32.1. The van der Waals surface area contributed by atoms with Crippen LogP contribution in [0.25, 0.3) is 0 Å². The number of carbonyl (C=O) groups is 1. The van der Waals surface area contributed by atoms with Crippen molar-refractivity contribution >= 4 is 51.0 Å². The Hall–Kier alpha value is -2.70. The van der Waals surface area contributed by atoms with Crippen LogP contribution in [0.15, 0.2) is 54.6 Å². The van der Waals surface area contributed by atoms with Gasteiger partial charge in [0.15, 0.2) is 5.11 Å². The lowest BCUT2D eigenvalue weighted by molar-refractivity contribution is 0.102. The van der Waals surface area contributed by atoms with E-state index in [0.29, 0.717) is 11.0 Å². The van der Waals surface area contributed by atoms with Crippen LogP contribution in [-0.2, 0) is 12.8 Å². The number of aryl methyl sites for hydroxylation is 1. The van der Waals surface area contributed by atoms with E-state index >= 15 is 0 Å². The summed E-state index contributed by atoms with van der Waals surface area (Å²) in [7, 11) is 0. The van der Waals surface area contributed by atoms with E-state index in [1.807, 2.05) is 61.5 Å². The Morgan fingerprint density at radius 2 is 1.77 bits per heavy atom. The van der Waals surface area contributed by atoms with Gasteiger partial charge in [0, 0.05) is 16.3 Å². The van der Waals surface area contributed by atoms with Gasteiger partial charge in [-0.3, -0.25) is 4.79 Å². The van der Waals surface area contributed by atoms with Gasteiger partial charge in [0.05, 0.1) is 5.56 Å². The van der Waals surface area contributed by atoms with E-state index in [-0.39, 0.29) is 5.91 Å². The zero-order valence-corrected chi connectivity index (χ0v) is 18.8. The Labute approximate surface area is 186 Å². The highest BCUT2D eigenvalue weighted by molar-refractivity contribution is 7.80. The Balaban J connectivity index is 1.62. The summed E-state index contributed by atoms with van der Waals surface area (Å²) in [5.74, 6) is 0.548. The van der Waals surface area contributed by atoms with Crippen LogP contribution >= 0.6 is 23.6 Å². The van der Waals surface area contributed by atoms with E-state index in [1.165, 1.54) is 4.88 Å². The molecule has 0 aliphatic heterocycles. The monoisotopic (exact) mass is 435 g/mol. The molecule has 0 unspecified atom stereocenters. The van der Waals surface area contributed by atoms with Crippen molar-refractivity contribution in [3.05, 3.63) is 76.2 Å². The molecule has 0 spiro atoms. The summed E-state index contributed by atoms with van der Waals surface area (Å²) in [5.41, 5.74) is 4.68. The summed E-state index contributed by atoms with van der Waals surface area (Å²) in [6.45, 7) is 4.27. The minimum atomic E-state index is -0.0821. The van der Waals surface area contributed by atoms with Gasteiger partial charge >= 0.3 is 0 Å². The van der Waals surface area contributed by atoms with Crippen LogP contribution < -0.4 is 16.0 Å². The molecule has 2 aromatic carbocycles. The molecule has 3 aromatic rings. The van der Waals surface area contributed by atoms with Crippen molar-refractivity contribution in [1.82, 2.24) is 0 Å². The van der Waals surface area contributed by atoms with E-state index in [0.717, 1.165) is 52.3 Å². The molecule has 3 N–H and O–H groups in total. The Morgan fingerprint density at radius 1 is 1.03 bits per heavy atom. The molecule has 0 bridgehead atoms. The third-order valence-electron chi connectivity index (χ3n) is 5.39. The first-order valence-electron chi connectivity index (χ1n) is 10.2. The van der Waals surface area contributed by atoms with E-state index in [1.54, 1.807) is 11.3 Å². The molecule has 1 aromatic heterocycles. The molecule has 6 heteroatoms. The number of amides is 1. The lowest BCUT2D eigenvalue weighted by Gasteiger charge is -2.19. The fraction of sp³-hybridized carbons (Fsp3) is 0.250. The Morgan fingerprint density at radius 3 is 2.53 bits per heavy atom. The highest BCUT2D eigenvalue weighted by Gasteiger charge is 2.28. The minimum absolute atomic E-state index is 0.0821. The van der Waals surface area contributed by atoms with Crippen LogP contribution in [-0.4, -0.2) is 11.0 Å². The summed E-state index contributed by atoms with van der Waals surface area (Å²) >= 11 is 7.18. The van der Waals surface area contributed by atoms with Gasteiger partial charge in [0.25, 0.3) is 5.91 Å². The Kier molecular flexibility index (Phi) is 6.16. The third-order valence-corrected chi connectivity index (χ3v) is 6.76. The summed E-state index contributed by atoms with van der Waals surface area (Å²) in [5, 5.41) is 10.9. The molecule has 1 aliphatic carbocycles. The van der Waals surface area contributed by atoms with Crippen molar-refractivity contribution in [1.29, 1.82) is 0 Å². The average molecular weight is 436 g/mol. The number of thiocarbonyl (C=S) groups is 1. The number of rotatable bonds is 4. The predicted octanol–water partition coefficient (Wildman–Crippen LogP) is 6.24. The maximum Gasteiger partial charge on any atom is 0.258 e. The molecule has 4 rings (SSSR count). The van der Waals surface area contributed by atoms with Crippen molar-refractivity contribution in [2.75, 3.05) is 16.0 Å². The highest BCUT2D eigenvalue weighted by Crippen LogP contribution is 2.40. The maximum atomic E-state index is 13.3. The average Bonchev–Trinajstić information content (AvgIpc) is 3.07. The first kappa shape index (κ1) is 20.6. The topological polar surface area (TPSA) is 53.2 Å². The molecule has 0 saturated heterocycles. The van der Waals surface area contributed by atoms with Gasteiger partial charge in [0.1, 0.15) is 5.00 Å². The summed E-state index contributed by atoms with van der Waals surface area (Å²) in [6.07, 6.45) is 3.02. The lowest BCUT2D eigenvalue weighted by Crippen LogP contribution is -2.22. The van der Waals surface area contributed by atoms with E-state index < -0.39 is 0 Å². The summed E-state index contributed by atoms with van der Waals surface area (Å²) in [6, 6.07) is 17.6. The molecule has 1 atom stereocenters. The van der Waals surface area contributed by atoms with E-state index in [4.69, 9.17) is 12.2 Å². The molecule has 1 aliphatic rings. The number of benzene rings is 2. The van der Waals surface area contributed by atoms with Crippen LogP contribution in [0.1, 0.15) is 39.7 Å². The van der Waals surface area contributed by atoms with Crippen LogP contribution in [0.5, 0.6) is 0 Å². The van der Waals surface area contributed by atoms with Crippen molar-refractivity contribution in [2.24, 2.45) is 5.92 Å². The van der Waals surface area contributed by atoms with Gasteiger partial charge in [-0.15, -0.1) is 11.3 Å². The number of hydrogen-bond donors (Lipinski definition) is 3. The number of hydrogen-bond acceptors (Lipinski definition) is 3. The van der Waals surface area contributed by atoms with Gasteiger partial charge < -0.3 is 16.0 Å². The predicted molar refractivity (Wildman–Crippen MR) is 131 cm³/mol. The lowest BCUT2D eigenvalue weighted by atomic mass is 9.88. The van der Waals surface area contributed by atoms with Crippen molar-refractivity contribution < 1.29 is 4.79 Å². The first-order chi connectivity index (χ1) is 14.5. The molecule has 1 heterocycles. The summed E-state index contributed by atoms with van der Waals surface area (Å²) < 4.78 is 0. The normalized spacial score (nSPS) is 15.2. The molecule has 4 nitrogen and oxygen atoms in total. The molecule has 30 heavy (non-hydrogen) atoms. The quantitative estimate of drug-likeness (QED) is 0.425. The van der Waals surface area contributed by atoms with Crippen molar-refractivity contribution in [3.8, 4) is 0 Å². The fourth-order valence-corrected chi connectivity index (χ4v) is 5.46. The second kappa shape index (κ2) is 8.98. The van der Waals surface area contributed by atoms with Gasteiger partial charge in [0.2, 0.25) is 0 Å². The van der Waals surface area contributed by atoms with Gasteiger partial charge in [-0.1, -0.05) is 43.3 Å².